The first kappa shape index (κ1) is 10.4. The molecule has 0 bridgehead atoms. The van der Waals surface area contributed by atoms with Crippen molar-refractivity contribution in [3.05, 3.63) is 23.5 Å². The number of rotatable bonds is 4. The zero-order chi connectivity index (χ0) is 11.7. The Hall–Kier alpha value is -2.11. The molecule has 2 rings (SSSR count). The molecule has 16 heavy (non-hydrogen) atoms. The smallest absolute Gasteiger partial charge is 0.341 e. The van der Waals surface area contributed by atoms with Gasteiger partial charge in [0.05, 0.1) is 6.10 Å². The Bertz CT molecular complexity index is 420. The normalized spacial score (nSPS) is 14.5. The largest absolute Gasteiger partial charge is 0.488 e. The maximum Gasteiger partial charge on any atom is 0.341 e. The van der Waals surface area contributed by atoms with Crippen LogP contribution in [0.2, 0.25) is 0 Å². The summed E-state index contributed by atoms with van der Waals surface area (Å²) in [5.74, 6) is -2.59. The van der Waals surface area contributed by atoms with Crippen LogP contribution in [0.25, 0.3) is 0 Å². The van der Waals surface area contributed by atoms with Crippen LogP contribution in [-0.4, -0.2) is 33.2 Å². The molecule has 0 spiro atoms. The van der Waals surface area contributed by atoms with Gasteiger partial charge in [0.2, 0.25) is 0 Å². The highest BCUT2D eigenvalue weighted by Crippen LogP contribution is 2.31. The molecule has 1 aliphatic rings. The van der Waals surface area contributed by atoms with Crippen LogP contribution in [0.15, 0.2) is 12.4 Å². The van der Waals surface area contributed by atoms with Crippen LogP contribution in [0.5, 0.6) is 5.75 Å². The van der Waals surface area contributed by atoms with Crippen LogP contribution in [0.4, 0.5) is 0 Å². The Morgan fingerprint density at radius 1 is 1.19 bits per heavy atom. The number of carboxylic acid groups (broad SMARTS) is 2. The van der Waals surface area contributed by atoms with Gasteiger partial charge < -0.3 is 14.9 Å². The fourth-order valence-corrected chi connectivity index (χ4v) is 1.23. The molecule has 0 aromatic carbocycles. The van der Waals surface area contributed by atoms with E-state index in [-0.39, 0.29) is 23.0 Å². The molecule has 1 heterocycles. The molecule has 0 unspecified atom stereocenters. The number of aromatic nitrogens is 1. The van der Waals surface area contributed by atoms with E-state index in [0.717, 1.165) is 25.2 Å². The Morgan fingerprint density at radius 3 is 2.06 bits per heavy atom. The lowest BCUT2D eigenvalue weighted by Gasteiger charge is -2.10. The van der Waals surface area contributed by atoms with Crippen molar-refractivity contribution in [1.29, 1.82) is 0 Å². The molecule has 0 amide bonds. The number of carbonyl (C=O) groups is 2. The number of pyridine rings is 1. The van der Waals surface area contributed by atoms with Gasteiger partial charge in [0.1, 0.15) is 11.1 Å². The summed E-state index contributed by atoms with van der Waals surface area (Å²) in [6.45, 7) is 0. The zero-order valence-electron chi connectivity index (χ0n) is 8.21. The summed E-state index contributed by atoms with van der Waals surface area (Å²) >= 11 is 0. The lowest BCUT2D eigenvalue weighted by atomic mass is 10.1. The topological polar surface area (TPSA) is 96.7 Å². The molecule has 6 heteroatoms. The minimum atomic E-state index is -1.24. The summed E-state index contributed by atoms with van der Waals surface area (Å²) in [7, 11) is 0. The third-order valence-corrected chi connectivity index (χ3v) is 2.17. The fourth-order valence-electron chi connectivity index (χ4n) is 1.23. The molecule has 1 fully saturated rings. The highest BCUT2D eigenvalue weighted by molar-refractivity contribution is 5.98. The van der Waals surface area contributed by atoms with E-state index in [9.17, 15) is 9.59 Å². The van der Waals surface area contributed by atoms with Crippen LogP contribution in [0.1, 0.15) is 33.6 Å². The maximum atomic E-state index is 10.9. The van der Waals surface area contributed by atoms with Gasteiger partial charge in [0.25, 0.3) is 0 Å². The van der Waals surface area contributed by atoms with Crippen molar-refractivity contribution in [2.45, 2.75) is 18.9 Å². The summed E-state index contributed by atoms with van der Waals surface area (Å²) < 4.78 is 5.31. The van der Waals surface area contributed by atoms with Gasteiger partial charge in [-0.15, -0.1) is 0 Å². The minimum Gasteiger partial charge on any atom is -0.488 e. The molecule has 1 aliphatic carbocycles. The van der Waals surface area contributed by atoms with Crippen molar-refractivity contribution < 1.29 is 24.5 Å². The number of ether oxygens (including phenoxy) is 1. The standard InChI is InChI=1S/C10H9NO5/c12-9(13)6-3-11-4-7(10(14)15)8(6)16-5-1-2-5/h3-5H,1-2H2,(H,12,13)(H,14,15). The molecule has 1 saturated carbocycles. The third-order valence-electron chi connectivity index (χ3n) is 2.17. The molecular formula is C10H9NO5. The first-order valence-corrected chi connectivity index (χ1v) is 4.71. The van der Waals surface area contributed by atoms with Crippen LogP contribution in [0, 0.1) is 0 Å². The van der Waals surface area contributed by atoms with Gasteiger partial charge in [-0.3, -0.25) is 4.98 Å². The fraction of sp³-hybridized carbons (Fsp3) is 0.300. The molecule has 1 aromatic heterocycles. The second-order valence-corrected chi connectivity index (χ2v) is 3.49. The van der Waals surface area contributed by atoms with Gasteiger partial charge in [0.15, 0.2) is 5.75 Å². The van der Waals surface area contributed by atoms with Crippen molar-refractivity contribution >= 4 is 11.9 Å². The molecule has 84 valence electrons. The summed E-state index contributed by atoms with van der Waals surface area (Å²) in [4.78, 5) is 25.3. The summed E-state index contributed by atoms with van der Waals surface area (Å²) in [5, 5.41) is 17.8. The van der Waals surface area contributed by atoms with Gasteiger partial charge in [-0.2, -0.15) is 0 Å². The molecule has 2 N–H and O–H groups in total. The number of carboxylic acids is 2. The lowest BCUT2D eigenvalue weighted by Crippen LogP contribution is -2.11. The van der Waals surface area contributed by atoms with Gasteiger partial charge in [-0.25, -0.2) is 9.59 Å². The Balaban J connectivity index is 2.47. The molecule has 0 saturated heterocycles. The average molecular weight is 223 g/mol. The molecule has 1 aromatic rings. The van der Waals surface area contributed by atoms with E-state index in [0.29, 0.717) is 0 Å². The number of hydrogen-bond acceptors (Lipinski definition) is 4. The Labute approximate surface area is 90.5 Å². The second-order valence-electron chi connectivity index (χ2n) is 3.49. The van der Waals surface area contributed by atoms with Crippen molar-refractivity contribution in [2.24, 2.45) is 0 Å². The molecule has 0 atom stereocenters. The van der Waals surface area contributed by atoms with Crippen molar-refractivity contribution in [3.63, 3.8) is 0 Å². The third kappa shape index (κ3) is 1.95. The summed E-state index contributed by atoms with van der Waals surface area (Å²) in [6.07, 6.45) is 3.75. The Kier molecular flexibility index (Phi) is 2.47. The van der Waals surface area contributed by atoms with Gasteiger partial charge in [-0.1, -0.05) is 0 Å². The van der Waals surface area contributed by atoms with E-state index in [1.165, 1.54) is 0 Å². The highest BCUT2D eigenvalue weighted by atomic mass is 16.5. The second kappa shape index (κ2) is 3.80. The highest BCUT2D eigenvalue weighted by Gasteiger charge is 2.29. The molecular weight excluding hydrogens is 214 g/mol. The van der Waals surface area contributed by atoms with Crippen LogP contribution >= 0.6 is 0 Å². The van der Waals surface area contributed by atoms with E-state index in [4.69, 9.17) is 14.9 Å². The van der Waals surface area contributed by atoms with Crippen molar-refractivity contribution in [3.8, 4) is 5.75 Å². The summed E-state index contributed by atoms with van der Waals surface area (Å²) in [6, 6.07) is 0. The van der Waals surface area contributed by atoms with Crippen LogP contribution < -0.4 is 4.74 Å². The van der Waals surface area contributed by atoms with Gasteiger partial charge in [-0.05, 0) is 12.8 Å². The minimum absolute atomic E-state index is 0.0707. The molecule has 0 aliphatic heterocycles. The van der Waals surface area contributed by atoms with E-state index in [1.807, 2.05) is 0 Å². The van der Waals surface area contributed by atoms with E-state index < -0.39 is 11.9 Å². The predicted molar refractivity (Wildman–Crippen MR) is 51.8 cm³/mol. The number of hydrogen-bond donors (Lipinski definition) is 2. The zero-order valence-corrected chi connectivity index (χ0v) is 8.21. The van der Waals surface area contributed by atoms with E-state index >= 15 is 0 Å². The van der Waals surface area contributed by atoms with Crippen molar-refractivity contribution in [2.75, 3.05) is 0 Å². The van der Waals surface area contributed by atoms with Gasteiger partial charge in [0, 0.05) is 12.4 Å². The number of aromatic carboxylic acids is 2. The quantitative estimate of drug-likeness (QED) is 0.790. The molecule has 0 radical (unpaired) electrons. The monoisotopic (exact) mass is 223 g/mol. The summed E-state index contributed by atoms with van der Waals surface area (Å²) in [5.41, 5.74) is -0.432. The van der Waals surface area contributed by atoms with E-state index in [1.54, 1.807) is 0 Å². The number of nitrogens with zero attached hydrogens (tertiary/aromatic N) is 1. The van der Waals surface area contributed by atoms with Crippen molar-refractivity contribution in [1.82, 2.24) is 4.98 Å². The predicted octanol–water partition coefficient (Wildman–Crippen LogP) is 1.02. The van der Waals surface area contributed by atoms with Crippen LogP contribution in [0.3, 0.4) is 0 Å². The lowest BCUT2D eigenvalue weighted by molar-refractivity contribution is 0.0687. The first-order chi connectivity index (χ1) is 7.59. The van der Waals surface area contributed by atoms with E-state index in [2.05, 4.69) is 4.98 Å². The van der Waals surface area contributed by atoms with Crippen LogP contribution in [-0.2, 0) is 0 Å². The molecule has 6 nitrogen and oxygen atoms in total. The maximum absolute atomic E-state index is 10.9. The Morgan fingerprint density at radius 2 is 1.69 bits per heavy atom. The SMILES string of the molecule is O=C(O)c1cncc(C(=O)O)c1OC1CC1. The van der Waals surface area contributed by atoms with Gasteiger partial charge >= 0.3 is 11.9 Å². The first-order valence-electron chi connectivity index (χ1n) is 4.71. The average Bonchev–Trinajstić information content (AvgIpc) is 3.01.